The summed E-state index contributed by atoms with van der Waals surface area (Å²) in [4.78, 5) is 37.5. The second kappa shape index (κ2) is 9.01. The number of hydrogen-bond acceptors (Lipinski definition) is 5. The van der Waals surface area contributed by atoms with E-state index in [2.05, 4.69) is 34.7 Å². The van der Waals surface area contributed by atoms with E-state index in [4.69, 9.17) is 9.84 Å². The molecule has 1 fully saturated rings. The normalized spacial score (nSPS) is 16.7. The SMILES string of the molecule is O=C(Nc1cnn(CC(=O)N2CCC(C(=O)O)C2)c1)OCC1c2ccccc2-c2ccccc21. The Morgan fingerprint density at radius 2 is 1.74 bits per heavy atom. The topological polar surface area (TPSA) is 114 Å². The van der Waals surface area contributed by atoms with Crippen molar-refractivity contribution in [2.75, 3.05) is 25.0 Å². The zero-order valence-corrected chi connectivity index (χ0v) is 18.4. The molecule has 5 rings (SSSR count). The van der Waals surface area contributed by atoms with Crippen LogP contribution in [0.5, 0.6) is 0 Å². The highest BCUT2D eigenvalue weighted by Crippen LogP contribution is 2.44. The Kier molecular flexibility index (Phi) is 5.75. The van der Waals surface area contributed by atoms with Gasteiger partial charge in [-0.15, -0.1) is 0 Å². The molecule has 9 nitrogen and oxygen atoms in total. The Balaban J connectivity index is 1.16. The molecule has 2 heterocycles. The van der Waals surface area contributed by atoms with E-state index in [0.717, 1.165) is 22.3 Å². The lowest BCUT2D eigenvalue weighted by molar-refractivity contribution is -0.141. The van der Waals surface area contributed by atoms with Crippen molar-refractivity contribution in [2.24, 2.45) is 5.92 Å². The quantitative estimate of drug-likeness (QED) is 0.584. The maximum Gasteiger partial charge on any atom is 0.411 e. The third kappa shape index (κ3) is 4.24. The fraction of sp³-hybridized carbons (Fsp3) is 0.280. The number of anilines is 1. The highest BCUT2D eigenvalue weighted by molar-refractivity contribution is 5.85. The Labute approximate surface area is 195 Å². The van der Waals surface area contributed by atoms with Crippen LogP contribution in [0.25, 0.3) is 11.1 Å². The number of benzene rings is 2. The Morgan fingerprint density at radius 3 is 2.38 bits per heavy atom. The van der Waals surface area contributed by atoms with E-state index >= 15 is 0 Å². The Hall–Kier alpha value is -4.14. The number of aromatic nitrogens is 2. The van der Waals surface area contributed by atoms with E-state index in [1.54, 1.807) is 6.20 Å². The van der Waals surface area contributed by atoms with E-state index < -0.39 is 18.0 Å². The molecule has 1 aromatic heterocycles. The molecule has 3 aromatic rings. The number of fused-ring (bicyclic) bond motifs is 3. The van der Waals surface area contributed by atoms with E-state index in [1.807, 2.05) is 24.3 Å². The highest BCUT2D eigenvalue weighted by atomic mass is 16.5. The van der Waals surface area contributed by atoms with Crippen LogP contribution in [0.3, 0.4) is 0 Å². The zero-order valence-electron chi connectivity index (χ0n) is 18.4. The van der Waals surface area contributed by atoms with Crippen molar-refractivity contribution in [1.29, 1.82) is 0 Å². The van der Waals surface area contributed by atoms with Crippen LogP contribution in [0, 0.1) is 5.92 Å². The summed E-state index contributed by atoms with van der Waals surface area (Å²) in [6.45, 7) is 0.799. The van der Waals surface area contributed by atoms with Gasteiger partial charge >= 0.3 is 12.1 Å². The fourth-order valence-electron chi connectivity index (χ4n) is 4.69. The molecule has 2 aliphatic rings. The van der Waals surface area contributed by atoms with Crippen LogP contribution in [0.15, 0.2) is 60.9 Å². The molecule has 1 aliphatic carbocycles. The van der Waals surface area contributed by atoms with E-state index in [9.17, 15) is 14.4 Å². The third-order valence-electron chi connectivity index (χ3n) is 6.41. The number of nitrogens with one attached hydrogen (secondary N) is 1. The monoisotopic (exact) mass is 460 g/mol. The van der Waals surface area contributed by atoms with Gasteiger partial charge in [-0.05, 0) is 28.7 Å². The molecule has 1 saturated heterocycles. The summed E-state index contributed by atoms with van der Waals surface area (Å²) in [5.41, 5.74) is 5.00. The lowest BCUT2D eigenvalue weighted by atomic mass is 9.98. The molecule has 174 valence electrons. The molecule has 2 N–H and O–H groups in total. The van der Waals surface area contributed by atoms with Crippen molar-refractivity contribution in [3.63, 3.8) is 0 Å². The molecule has 0 bridgehead atoms. The van der Waals surface area contributed by atoms with Gasteiger partial charge < -0.3 is 14.7 Å². The Bertz CT molecular complexity index is 1210. The Morgan fingerprint density at radius 1 is 1.06 bits per heavy atom. The number of aliphatic carboxylic acids is 1. The molecule has 34 heavy (non-hydrogen) atoms. The molecule has 0 radical (unpaired) electrons. The first-order valence-electron chi connectivity index (χ1n) is 11.1. The van der Waals surface area contributed by atoms with Gasteiger partial charge in [0.15, 0.2) is 0 Å². The van der Waals surface area contributed by atoms with Crippen molar-refractivity contribution in [3.8, 4) is 11.1 Å². The number of ether oxygens (including phenoxy) is 1. The summed E-state index contributed by atoms with van der Waals surface area (Å²) in [6, 6.07) is 16.2. The van der Waals surface area contributed by atoms with E-state index in [1.165, 1.54) is 15.8 Å². The maximum atomic E-state index is 12.4. The molecule has 1 atom stereocenters. The van der Waals surface area contributed by atoms with Gasteiger partial charge in [0.1, 0.15) is 13.2 Å². The zero-order chi connectivity index (χ0) is 23.7. The summed E-state index contributed by atoms with van der Waals surface area (Å²) >= 11 is 0. The molecule has 1 aliphatic heterocycles. The number of carbonyl (C=O) groups excluding carboxylic acids is 2. The minimum absolute atomic E-state index is 0.0291. The number of carboxylic acid groups (broad SMARTS) is 1. The minimum Gasteiger partial charge on any atom is -0.481 e. The van der Waals surface area contributed by atoms with Gasteiger partial charge in [0.05, 0.1) is 17.8 Å². The van der Waals surface area contributed by atoms with Crippen LogP contribution in [-0.2, 0) is 20.9 Å². The smallest absolute Gasteiger partial charge is 0.411 e. The maximum absolute atomic E-state index is 12.4. The number of likely N-dealkylation sites (tertiary alicyclic amines) is 1. The largest absolute Gasteiger partial charge is 0.481 e. The van der Waals surface area contributed by atoms with E-state index in [-0.39, 0.29) is 31.5 Å². The number of rotatable bonds is 6. The molecule has 1 unspecified atom stereocenters. The summed E-state index contributed by atoms with van der Waals surface area (Å²) in [5, 5.41) is 15.9. The van der Waals surface area contributed by atoms with Crippen LogP contribution < -0.4 is 5.32 Å². The first-order valence-corrected chi connectivity index (χ1v) is 11.1. The third-order valence-corrected chi connectivity index (χ3v) is 6.41. The molecular weight excluding hydrogens is 436 g/mol. The number of nitrogens with zero attached hydrogens (tertiary/aromatic N) is 3. The predicted molar refractivity (Wildman–Crippen MR) is 123 cm³/mol. The van der Waals surface area contributed by atoms with Crippen LogP contribution in [-0.4, -0.2) is 57.5 Å². The average Bonchev–Trinajstić information content (AvgIpc) is 3.56. The van der Waals surface area contributed by atoms with Crippen LogP contribution in [0.2, 0.25) is 0 Å². The first-order chi connectivity index (χ1) is 16.5. The minimum atomic E-state index is -0.885. The predicted octanol–water partition coefficient (Wildman–Crippen LogP) is 3.18. The first kappa shape index (κ1) is 21.7. The molecular formula is C25H24N4O5. The average molecular weight is 460 g/mol. The highest BCUT2D eigenvalue weighted by Gasteiger charge is 2.31. The van der Waals surface area contributed by atoms with Gasteiger partial charge in [0, 0.05) is 25.2 Å². The fourth-order valence-corrected chi connectivity index (χ4v) is 4.69. The van der Waals surface area contributed by atoms with Crippen LogP contribution in [0.4, 0.5) is 10.5 Å². The molecule has 0 saturated carbocycles. The summed E-state index contributed by atoms with van der Waals surface area (Å²) in [5.74, 6) is -1.65. The summed E-state index contributed by atoms with van der Waals surface area (Å²) in [7, 11) is 0. The second-order valence-electron chi connectivity index (χ2n) is 8.54. The van der Waals surface area contributed by atoms with Gasteiger partial charge in [-0.2, -0.15) is 5.10 Å². The molecule has 9 heteroatoms. The van der Waals surface area contributed by atoms with Crippen LogP contribution >= 0.6 is 0 Å². The molecule has 0 spiro atoms. The van der Waals surface area contributed by atoms with Crippen molar-refractivity contribution in [3.05, 3.63) is 72.1 Å². The van der Waals surface area contributed by atoms with Crippen molar-refractivity contribution in [2.45, 2.75) is 18.9 Å². The summed E-state index contributed by atoms with van der Waals surface area (Å²) < 4.78 is 6.94. The van der Waals surface area contributed by atoms with Gasteiger partial charge in [-0.1, -0.05) is 48.5 Å². The van der Waals surface area contributed by atoms with Gasteiger partial charge in [0.2, 0.25) is 5.91 Å². The number of carbonyl (C=O) groups is 3. The van der Waals surface area contributed by atoms with Gasteiger partial charge in [0.25, 0.3) is 0 Å². The van der Waals surface area contributed by atoms with Crippen molar-refractivity contribution in [1.82, 2.24) is 14.7 Å². The standard InChI is InChI=1S/C25H24N4O5/c30-23(28-10-9-16(12-28)24(31)32)14-29-13-17(11-26-29)27-25(33)34-15-22-20-7-3-1-5-18(20)19-6-2-4-8-21(19)22/h1-8,11,13,16,22H,9-10,12,14-15H2,(H,27,33)(H,31,32). The van der Waals surface area contributed by atoms with Crippen molar-refractivity contribution < 1.29 is 24.2 Å². The second-order valence-corrected chi connectivity index (χ2v) is 8.54. The molecule has 2 amide bonds. The lowest BCUT2D eigenvalue weighted by Gasteiger charge is -2.15. The van der Waals surface area contributed by atoms with Gasteiger partial charge in [-0.3, -0.25) is 19.6 Å². The summed E-state index contributed by atoms with van der Waals surface area (Å²) in [6.07, 6.45) is 2.84. The van der Waals surface area contributed by atoms with Gasteiger partial charge in [-0.25, -0.2) is 4.79 Å². The number of hydrogen-bond donors (Lipinski definition) is 2. The number of carboxylic acids is 1. The van der Waals surface area contributed by atoms with E-state index in [0.29, 0.717) is 18.7 Å². The lowest BCUT2D eigenvalue weighted by Crippen LogP contribution is -2.32. The van der Waals surface area contributed by atoms with Crippen LogP contribution in [0.1, 0.15) is 23.5 Å². The number of amides is 2. The van der Waals surface area contributed by atoms with Crippen molar-refractivity contribution >= 4 is 23.7 Å². The molecule has 2 aromatic carbocycles.